The number of anilines is 4. The monoisotopic (exact) mass is 962 g/mol. The number of nitrogens with one attached hydrogen (secondary N) is 4. The zero-order chi connectivity index (χ0) is 46.9. The van der Waals surface area contributed by atoms with Gasteiger partial charge in [0.2, 0.25) is 0 Å². The van der Waals surface area contributed by atoms with E-state index in [-0.39, 0.29) is 42.5 Å². The summed E-state index contributed by atoms with van der Waals surface area (Å²) in [6.45, 7) is 3.69. The number of sulfonamides is 2. The van der Waals surface area contributed by atoms with Crippen LogP contribution in [-0.4, -0.2) is 39.7 Å². The lowest BCUT2D eigenvalue weighted by molar-refractivity contribution is 0.262. The molecular weight excluding hydrogens is 925 g/mol. The highest BCUT2D eigenvalue weighted by molar-refractivity contribution is 7.93. The van der Waals surface area contributed by atoms with Crippen LogP contribution in [0.2, 0.25) is 0 Å². The molecule has 8 aromatic carbocycles. The van der Waals surface area contributed by atoms with E-state index in [1.54, 1.807) is 72.8 Å². The van der Waals surface area contributed by atoms with E-state index >= 15 is 0 Å². The van der Waals surface area contributed by atoms with Crippen molar-refractivity contribution in [1.82, 2.24) is 0 Å². The van der Waals surface area contributed by atoms with Gasteiger partial charge in [0, 0.05) is 11.4 Å². The van der Waals surface area contributed by atoms with Crippen LogP contribution in [-0.2, 0) is 40.3 Å². The maximum Gasteiger partial charge on any atom is 0.339 e. The third-order valence-corrected chi connectivity index (χ3v) is 15.2. The van der Waals surface area contributed by atoms with E-state index in [1.807, 2.05) is 13.8 Å². The number of hydrogen-bond donors (Lipinski definition) is 4. The summed E-state index contributed by atoms with van der Waals surface area (Å²) in [5.74, 6) is 0.207. The van der Waals surface area contributed by atoms with Gasteiger partial charge in [-0.15, -0.1) is 0 Å². The summed E-state index contributed by atoms with van der Waals surface area (Å²) in [5.41, 5.74) is 2.45. The minimum absolute atomic E-state index is 0.0135. The molecule has 0 saturated carbocycles. The average molecular weight is 963 g/mol. The number of aryl methyl sites for hydroxylation is 2. The van der Waals surface area contributed by atoms with Crippen molar-refractivity contribution in [2.75, 3.05) is 20.1 Å². The summed E-state index contributed by atoms with van der Waals surface area (Å²) < 4.78 is 121. The second-order valence-electron chi connectivity index (χ2n) is 15.0. The molecule has 0 atom stereocenters. The number of hydrogen-bond acceptors (Lipinski definition) is 11. The van der Waals surface area contributed by atoms with Crippen molar-refractivity contribution >= 4 is 90.6 Å². The molecule has 19 heteroatoms. The SMILES string of the molecule is Cc1ccc(OS(=O)(=O)c2cccc(NS(=O)(=O)c3ccc4ccc(NC(=O)Nc5ccc6ccc(S(=O)(=O)Nc7cccc(S(=O)(=O)Oc8ccc(C)cc8)c7)cc6c5)cc4c3)c2)cc1. The zero-order valence-corrected chi connectivity index (χ0v) is 38.1. The number of rotatable bonds is 14. The molecule has 0 aliphatic heterocycles. The molecule has 0 fully saturated rings. The van der Waals surface area contributed by atoms with Crippen LogP contribution >= 0.6 is 0 Å². The van der Waals surface area contributed by atoms with Crippen LogP contribution in [0.4, 0.5) is 27.5 Å². The first-order valence-electron chi connectivity index (χ1n) is 19.7. The molecule has 2 amide bonds. The molecule has 0 unspecified atom stereocenters. The molecule has 15 nitrogen and oxygen atoms in total. The van der Waals surface area contributed by atoms with E-state index in [4.69, 9.17) is 8.37 Å². The van der Waals surface area contributed by atoms with Gasteiger partial charge in [-0.2, -0.15) is 16.8 Å². The molecule has 0 spiro atoms. The van der Waals surface area contributed by atoms with Gasteiger partial charge in [-0.3, -0.25) is 9.44 Å². The lowest BCUT2D eigenvalue weighted by atomic mass is 10.1. The molecule has 0 heterocycles. The number of urea groups is 1. The first-order chi connectivity index (χ1) is 31.3. The number of carbonyl (C=O) groups is 1. The van der Waals surface area contributed by atoms with Gasteiger partial charge in [0.25, 0.3) is 20.0 Å². The van der Waals surface area contributed by atoms with E-state index < -0.39 is 46.3 Å². The van der Waals surface area contributed by atoms with Crippen LogP contribution < -0.4 is 28.4 Å². The van der Waals surface area contributed by atoms with E-state index in [0.717, 1.165) is 23.3 Å². The Hall–Kier alpha value is -7.45. The average Bonchev–Trinajstić information content (AvgIpc) is 3.27. The Kier molecular flexibility index (Phi) is 12.2. The predicted molar refractivity (Wildman–Crippen MR) is 253 cm³/mol. The Morgan fingerprint density at radius 3 is 1.15 bits per heavy atom. The fourth-order valence-electron chi connectivity index (χ4n) is 6.63. The summed E-state index contributed by atoms with van der Waals surface area (Å²) in [5, 5.41) is 7.71. The smallest absolute Gasteiger partial charge is 0.339 e. The molecule has 0 saturated heterocycles. The lowest BCUT2D eigenvalue weighted by Crippen LogP contribution is -2.19. The van der Waals surface area contributed by atoms with Crippen LogP contribution in [0.15, 0.2) is 189 Å². The van der Waals surface area contributed by atoms with Gasteiger partial charge < -0.3 is 19.0 Å². The third kappa shape index (κ3) is 10.6. The molecule has 4 N–H and O–H groups in total. The quantitative estimate of drug-likeness (QED) is 0.0752. The lowest BCUT2D eigenvalue weighted by Gasteiger charge is -2.13. The summed E-state index contributed by atoms with van der Waals surface area (Å²) >= 11 is 0. The summed E-state index contributed by atoms with van der Waals surface area (Å²) in [4.78, 5) is 12.4. The second kappa shape index (κ2) is 17.8. The summed E-state index contributed by atoms with van der Waals surface area (Å²) in [6, 6.07) is 41.2. The van der Waals surface area contributed by atoms with Crippen LogP contribution in [0.25, 0.3) is 21.5 Å². The molecule has 0 aliphatic carbocycles. The Bertz CT molecular complexity index is 3400. The molecule has 8 rings (SSSR count). The summed E-state index contributed by atoms with van der Waals surface area (Å²) in [7, 11) is -17.0. The number of fused-ring (bicyclic) bond motifs is 2. The standard InChI is InChI=1S/C47H38N4O11S4/c1-31-9-19-41(20-10-31)61-65(57,58)45-7-3-5-39(29-45)50-63(53,54)43-23-15-33-13-17-37(25-35(33)27-43)48-47(52)49-38-18-14-34-16-24-44(28-36(34)26-38)64(55,56)51-40-6-4-8-46(30-40)66(59,60)62-42-21-11-32(2)12-22-42/h3-30,50-51H,1-2H3,(H2,48,49,52). The Morgan fingerprint density at radius 2 is 0.758 bits per heavy atom. The first-order valence-corrected chi connectivity index (χ1v) is 25.5. The fourth-order valence-corrected chi connectivity index (χ4v) is 10.8. The maximum absolute atomic E-state index is 13.5. The van der Waals surface area contributed by atoms with Gasteiger partial charge in [-0.1, -0.05) is 71.8 Å². The van der Waals surface area contributed by atoms with Gasteiger partial charge in [0.15, 0.2) is 0 Å². The molecule has 66 heavy (non-hydrogen) atoms. The minimum Gasteiger partial charge on any atom is -0.379 e. The molecule has 0 aromatic heterocycles. The minimum atomic E-state index is -4.29. The summed E-state index contributed by atoms with van der Waals surface area (Å²) in [6.07, 6.45) is 0. The topological polar surface area (TPSA) is 220 Å². The van der Waals surface area contributed by atoms with Gasteiger partial charge in [-0.05, 0) is 145 Å². The van der Waals surface area contributed by atoms with Crippen LogP contribution in [0, 0.1) is 13.8 Å². The van der Waals surface area contributed by atoms with Crippen molar-refractivity contribution in [1.29, 1.82) is 0 Å². The van der Waals surface area contributed by atoms with Crippen LogP contribution in [0.5, 0.6) is 11.5 Å². The predicted octanol–water partition coefficient (Wildman–Crippen LogP) is 9.39. The Balaban J connectivity index is 0.932. The van der Waals surface area contributed by atoms with Gasteiger partial charge in [0.05, 0.1) is 21.2 Å². The molecule has 336 valence electrons. The van der Waals surface area contributed by atoms with Gasteiger partial charge in [-0.25, -0.2) is 21.6 Å². The third-order valence-electron chi connectivity index (χ3n) is 9.96. The Labute approximate surface area is 381 Å². The largest absolute Gasteiger partial charge is 0.379 e. The molecule has 8 aromatic rings. The van der Waals surface area contributed by atoms with Crippen molar-refractivity contribution < 1.29 is 46.8 Å². The van der Waals surface area contributed by atoms with Crippen molar-refractivity contribution in [2.24, 2.45) is 0 Å². The van der Waals surface area contributed by atoms with E-state index in [2.05, 4.69) is 20.1 Å². The zero-order valence-electron chi connectivity index (χ0n) is 34.8. The number of benzene rings is 8. The fraction of sp³-hybridized carbons (Fsp3) is 0.0426. The molecule has 0 bridgehead atoms. The van der Waals surface area contributed by atoms with Gasteiger partial charge in [0.1, 0.15) is 21.3 Å². The van der Waals surface area contributed by atoms with Crippen LogP contribution in [0.1, 0.15) is 11.1 Å². The van der Waals surface area contributed by atoms with Crippen molar-refractivity contribution in [3.8, 4) is 11.5 Å². The second-order valence-corrected chi connectivity index (χ2v) is 21.5. The van der Waals surface area contributed by atoms with E-state index in [1.165, 1.54) is 84.9 Å². The number of amides is 2. The van der Waals surface area contributed by atoms with Crippen molar-refractivity contribution in [2.45, 2.75) is 33.4 Å². The molecule has 0 aliphatic rings. The highest BCUT2D eigenvalue weighted by Crippen LogP contribution is 2.29. The van der Waals surface area contributed by atoms with Crippen LogP contribution in [0.3, 0.4) is 0 Å². The van der Waals surface area contributed by atoms with Crippen molar-refractivity contribution in [3.63, 3.8) is 0 Å². The van der Waals surface area contributed by atoms with E-state index in [9.17, 15) is 38.5 Å². The maximum atomic E-state index is 13.5. The molecule has 0 radical (unpaired) electrons. The van der Waals surface area contributed by atoms with Crippen molar-refractivity contribution in [3.05, 3.63) is 181 Å². The molecular formula is C47H38N4O11S4. The first kappa shape index (κ1) is 45.1. The number of carbonyl (C=O) groups excluding carboxylic acids is 1. The highest BCUT2D eigenvalue weighted by atomic mass is 32.2. The Morgan fingerprint density at radius 1 is 0.379 bits per heavy atom. The van der Waals surface area contributed by atoms with E-state index in [0.29, 0.717) is 32.9 Å². The van der Waals surface area contributed by atoms with Gasteiger partial charge >= 0.3 is 26.3 Å². The normalized spacial score (nSPS) is 12.0. The highest BCUT2D eigenvalue weighted by Gasteiger charge is 2.22.